The second-order valence-electron chi connectivity index (χ2n) is 4.57. The smallest absolute Gasteiger partial charge is 0.382 e. The van der Waals surface area contributed by atoms with Crippen LogP contribution < -0.4 is 5.32 Å². The van der Waals surface area contributed by atoms with E-state index in [2.05, 4.69) is 12.2 Å². The number of benzene rings is 1. The highest BCUT2D eigenvalue weighted by atomic mass is 19.4. The summed E-state index contributed by atoms with van der Waals surface area (Å²) in [6.07, 6.45) is -1.39. The van der Waals surface area contributed by atoms with Crippen molar-refractivity contribution in [2.45, 2.75) is 52.3 Å². The van der Waals surface area contributed by atoms with Crippen LogP contribution in [0.4, 0.5) is 18.9 Å². The maximum Gasteiger partial charge on any atom is 0.416 e. The number of hydrogen-bond donors (Lipinski definition) is 1. The number of nitrogens with one attached hydrogen (secondary N) is 1. The van der Waals surface area contributed by atoms with Gasteiger partial charge >= 0.3 is 6.18 Å². The Hall–Kier alpha value is -1.19. The summed E-state index contributed by atoms with van der Waals surface area (Å²) >= 11 is 0. The molecule has 0 bridgehead atoms. The van der Waals surface area contributed by atoms with Crippen LogP contribution in [0.25, 0.3) is 0 Å². The maximum absolute atomic E-state index is 12.6. The Kier molecular flexibility index (Phi) is 5.05. The van der Waals surface area contributed by atoms with Crippen LogP contribution in [0.1, 0.15) is 44.2 Å². The maximum atomic E-state index is 12.6. The minimum absolute atomic E-state index is 0.234. The molecular weight excluding hydrogens is 239 g/mol. The fourth-order valence-electron chi connectivity index (χ4n) is 1.90. The van der Waals surface area contributed by atoms with E-state index in [-0.39, 0.29) is 6.04 Å². The normalized spacial score (nSPS) is 13.4. The first-order valence-electron chi connectivity index (χ1n) is 6.32. The molecule has 0 saturated heterocycles. The molecule has 0 amide bonds. The summed E-state index contributed by atoms with van der Waals surface area (Å²) in [4.78, 5) is 0. The number of aryl methyl sites for hydroxylation is 1. The molecule has 0 aliphatic heterocycles. The van der Waals surface area contributed by atoms with Crippen LogP contribution >= 0.6 is 0 Å². The van der Waals surface area contributed by atoms with Crippen LogP contribution in [0.3, 0.4) is 0 Å². The molecule has 1 atom stereocenters. The highest BCUT2D eigenvalue weighted by molar-refractivity contribution is 5.53. The molecule has 1 aromatic carbocycles. The third-order valence-electron chi connectivity index (χ3n) is 3.05. The summed E-state index contributed by atoms with van der Waals surface area (Å²) in [6, 6.07) is 4.08. The second-order valence-corrected chi connectivity index (χ2v) is 4.57. The number of hydrogen-bond acceptors (Lipinski definition) is 1. The summed E-state index contributed by atoms with van der Waals surface area (Å²) < 4.78 is 37.9. The van der Waals surface area contributed by atoms with Crippen molar-refractivity contribution in [3.05, 3.63) is 29.3 Å². The quantitative estimate of drug-likeness (QED) is 0.784. The van der Waals surface area contributed by atoms with E-state index in [9.17, 15) is 13.2 Å². The summed E-state index contributed by atoms with van der Waals surface area (Å²) in [6.45, 7) is 5.93. The zero-order valence-corrected chi connectivity index (χ0v) is 11.1. The van der Waals surface area contributed by atoms with E-state index in [4.69, 9.17) is 0 Å². The molecule has 102 valence electrons. The van der Waals surface area contributed by atoms with Gasteiger partial charge in [0.05, 0.1) is 5.56 Å². The van der Waals surface area contributed by atoms with E-state index in [1.807, 2.05) is 13.8 Å². The lowest BCUT2D eigenvalue weighted by molar-refractivity contribution is -0.137. The van der Waals surface area contributed by atoms with Crippen molar-refractivity contribution < 1.29 is 13.2 Å². The van der Waals surface area contributed by atoms with Crippen LogP contribution in [0.15, 0.2) is 18.2 Å². The first kappa shape index (κ1) is 14.9. The van der Waals surface area contributed by atoms with Crippen molar-refractivity contribution in [2.75, 3.05) is 5.32 Å². The van der Waals surface area contributed by atoms with E-state index < -0.39 is 11.7 Å². The van der Waals surface area contributed by atoms with Crippen molar-refractivity contribution in [3.63, 3.8) is 0 Å². The Morgan fingerprint density at radius 1 is 1.22 bits per heavy atom. The van der Waals surface area contributed by atoms with Gasteiger partial charge < -0.3 is 5.32 Å². The predicted octanol–water partition coefficient (Wildman–Crippen LogP) is 5.00. The molecule has 0 aromatic heterocycles. The van der Waals surface area contributed by atoms with Gasteiger partial charge in [0.2, 0.25) is 0 Å². The average molecular weight is 259 g/mol. The Labute approximate surface area is 106 Å². The van der Waals surface area contributed by atoms with E-state index in [0.29, 0.717) is 5.69 Å². The number of anilines is 1. The van der Waals surface area contributed by atoms with Gasteiger partial charge in [-0.1, -0.05) is 26.3 Å². The standard InChI is InChI=1S/C14H20F3N/c1-4-6-12(5-2)18-13-9-11(14(15,16)17)8-7-10(13)3/h7-9,12,18H,4-6H2,1-3H3. The lowest BCUT2D eigenvalue weighted by Gasteiger charge is -2.20. The largest absolute Gasteiger partial charge is 0.416 e. The molecule has 1 N–H and O–H groups in total. The monoisotopic (exact) mass is 259 g/mol. The number of rotatable bonds is 5. The van der Waals surface area contributed by atoms with Crippen molar-refractivity contribution in [3.8, 4) is 0 Å². The van der Waals surface area contributed by atoms with E-state index in [0.717, 1.165) is 30.9 Å². The Morgan fingerprint density at radius 2 is 1.89 bits per heavy atom. The molecule has 4 heteroatoms. The average Bonchev–Trinajstić information content (AvgIpc) is 2.29. The summed E-state index contributed by atoms with van der Waals surface area (Å²) in [5.74, 6) is 0. The van der Waals surface area contributed by atoms with Crippen molar-refractivity contribution in [1.29, 1.82) is 0 Å². The first-order chi connectivity index (χ1) is 8.38. The van der Waals surface area contributed by atoms with Gasteiger partial charge in [-0.25, -0.2) is 0 Å². The second kappa shape index (κ2) is 6.12. The highest BCUT2D eigenvalue weighted by Gasteiger charge is 2.30. The van der Waals surface area contributed by atoms with Crippen LogP contribution in [-0.4, -0.2) is 6.04 Å². The lowest BCUT2D eigenvalue weighted by atomic mass is 10.1. The number of halogens is 3. The third kappa shape index (κ3) is 3.93. The van der Waals surface area contributed by atoms with Crippen LogP contribution in [0, 0.1) is 6.92 Å². The van der Waals surface area contributed by atoms with Gasteiger partial charge in [-0.15, -0.1) is 0 Å². The summed E-state index contributed by atoms with van der Waals surface area (Å²) in [5, 5.41) is 3.21. The van der Waals surface area contributed by atoms with Crippen LogP contribution in [0.2, 0.25) is 0 Å². The van der Waals surface area contributed by atoms with Crippen LogP contribution in [-0.2, 0) is 6.18 Å². The molecule has 0 radical (unpaired) electrons. The Bertz CT molecular complexity index is 385. The van der Waals surface area contributed by atoms with E-state index in [1.54, 1.807) is 0 Å². The molecule has 1 aromatic rings. The molecule has 1 unspecified atom stereocenters. The summed E-state index contributed by atoms with van der Waals surface area (Å²) in [5.41, 5.74) is 0.838. The van der Waals surface area contributed by atoms with Crippen molar-refractivity contribution in [2.24, 2.45) is 0 Å². The molecule has 18 heavy (non-hydrogen) atoms. The Morgan fingerprint density at radius 3 is 2.39 bits per heavy atom. The molecule has 0 aliphatic rings. The van der Waals surface area contributed by atoms with Gasteiger partial charge in [0, 0.05) is 11.7 Å². The number of alkyl halides is 3. The molecule has 0 heterocycles. The zero-order valence-electron chi connectivity index (χ0n) is 11.1. The van der Waals surface area contributed by atoms with Crippen molar-refractivity contribution >= 4 is 5.69 Å². The van der Waals surface area contributed by atoms with Gasteiger partial charge in [0.15, 0.2) is 0 Å². The highest BCUT2D eigenvalue weighted by Crippen LogP contribution is 2.32. The molecule has 1 rings (SSSR count). The first-order valence-corrected chi connectivity index (χ1v) is 6.32. The lowest BCUT2D eigenvalue weighted by Crippen LogP contribution is -2.19. The molecule has 0 spiro atoms. The van der Waals surface area contributed by atoms with E-state index >= 15 is 0 Å². The van der Waals surface area contributed by atoms with Gasteiger partial charge in [0.25, 0.3) is 0 Å². The summed E-state index contributed by atoms with van der Waals surface area (Å²) in [7, 11) is 0. The van der Waals surface area contributed by atoms with Crippen LogP contribution in [0.5, 0.6) is 0 Å². The predicted molar refractivity (Wildman–Crippen MR) is 68.8 cm³/mol. The van der Waals surface area contributed by atoms with E-state index in [1.165, 1.54) is 12.1 Å². The molecule has 0 aliphatic carbocycles. The molecule has 1 nitrogen and oxygen atoms in total. The third-order valence-corrected chi connectivity index (χ3v) is 3.05. The van der Waals surface area contributed by atoms with Gasteiger partial charge in [0.1, 0.15) is 0 Å². The fourth-order valence-corrected chi connectivity index (χ4v) is 1.90. The zero-order chi connectivity index (χ0) is 13.8. The topological polar surface area (TPSA) is 12.0 Å². The van der Waals surface area contributed by atoms with Gasteiger partial charge in [-0.05, 0) is 37.5 Å². The van der Waals surface area contributed by atoms with Crippen molar-refractivity contribution in [1.82, 2.24) is 0 Å². The SMILES string of the molecule is CCCC(CC)Nc1cc(C(F)(F)F)ccc1C. The minimum atomic E-state index is -4.28. The minimum Gasteiger partial charge on any atom is -0.382 e. The van der Waals surface area contributed by atoms with Gasteiger partial charge in [-0.3, -0.25) is 0 Å². The molecular formula is C14H20F3N. The molecule has 0 fully saturated rings. The molecule has 0 saturated carbocycles. The fraction of sp³-hybridized carbons (Fsp3) is 0.571. The Balaban J connectivity index is 2.93. The van der Waals surface area contributed by atoms with Gasteiger partial charge in [-0.2, -0.15) is 13.2 Å².